The lowest BCUT2D eigenvalue weighted by atomic mass is 9.91. The Balaban J connectivity index is 2.11. The van der Waals surface area contributed by atoms with Gasteiger partial charge in [-0.2, -0.15) is 0 Å². The molecule has 4 heteroatoms. The minimum absolute atomic E-state index is 0.191. The minimum atomic E-state index is -0.191. The molecule has 1 unspecified atom stereocenters. The van der Waals surface area contributed by atoms with Crippen molar-refractivity contribution < 1.29 is 5.11 Å². The summed E-state index contributed by atoms with van der Waals surface area (Å²) in [7, 11) is 0. The van der Waals surface area contributed by atoms with Crippen LogP contribution in [0.5, 0.6) is 0 Å². The van der Waals surface area contributed by atoms with E-state index in [0.29, 0.717) is 12.5 Å². The molecule has 2 rings (SSSR count). The molecule has 1 fully saturated rings. The second-order valence-electron chi connectivity index (χ2n) is 5.04. The van der Waals surface area contributed by atoms with Gasteiger partial charge >= 0.3 is 0 Å². The molecule has 100 valence electrons. The van der Waals surface area contributed by atoms with E-state index in [9.17, 15) is 5.11 Å². The average Bonchev–Trinajstić information content (AvgIpc) is 2.39. The molecule has 0 aromatic heterocycles. The highest BCUT2D eigenvalue weighted by Crippen LogP contribution is 2.30. The van der Waals surface area contributed by atoms with E-state index in [2.05, 4.69) is 33.0 Å². The van der Waals surface area contributed by atoms with Gasteiger partial charge in [0, 0.05) is 29.8 Å². The maximum Gasteiger partial charge on any atom is 0.0541 e. The van der Waals surface area contributed by atoms with Crippen molar-refractivity contribution in [2.45, 2.75) is 32.4 Å². The number of benzene rings is 1. The zero-order valence-corrected chi connectivity index (χ0v) is 12.4. The number of anilines is 1. The lowest BCUT2D eigenvalue weighted by molar-refractivity contribution is 0.110. The van der Waals surface area contributed by atoms with Crippen molar-refractivity contribution in [2.75, 3.05) is 18.0 Å². The number of nitrogens with zero attached hydrogens (tertiary/aromatic N) is 1. The number of hydrogen-bond donors (Lipinski definition) is 2. The van der Waals surface area contributed by atoms with Gasteiger partial charge < -0.3 is 15.7 Å². The van der Waals surface area contributed by atoms with Gasteiger partial charge in [-0.05, 0) is 43.4 Å². The molecule has 1 aliphatic rings. The summed E-state index contributed by atoms with van der Waals surface area (Å²) in [5, 5.41) is 9.63. The summed E-state index contributed by atoms with van der Waals surface area (Å²) in [6.07, 6.45) is 1.91. The number of piperidine rings is 1. The molecule has 1 heterocycles. The highest BCUT2D eigenvalue weighted by molar-refractivity contribution is 9.10. The zero-order chi connectivity index (χ0) is 13.1. The highest BCUT2D eigenvalue weighted by atomic mass is 79.9. The molecule has 0 amide bonds. The van der Waals surface area contributed by atoms with E-state index < -0.39 is 0 Å². The Hall–Kier alpha value is -0.580. The quantitative estimate of drug-likeness (QED) is 0.901. The molecule has 0 aliphatic carbocycles. The molecule has 0 spiro atoms. The lowest BCUT2D eigenvalue weighted by Crippen LogP contribution is -2.37. The number of nitrogens with two attached hydrogens (primary N) is 1. The van der Waals surface area contributed by atoms with Crippen molar-refractivity contribution in [3.63, 3.8) is 0 Å². The Kier molecular flexibility index (Phi) is 4.65. The number of aliphatic hydroxyl groups excluding tert-OH is 1. The van der Waals surface area contributed by atoms with Gasteiger partial charge in [0.05, 0.1) is 6.10 Å². The van der Waals surface area contributed by atoms with Crippen molar-refractivity contribution in [2.24, 2.45) is 11.7 Å². The maximum absolute atomic E-state index is 9.63. The number of rotatable bonds is 3. The van der Waals surface area contributed by atoms with Crippen LogP contribution >= 0.6 is 15.9 Å². The van der Waals surface area contributed by atoms with Gasteiger partial charge in [-0.25, -0.2) is 0 Å². The average molecular weight is 313 g/mol. The van der Waals surface area contributed by atoms with Crippen LogP contribution in [0.15, 0.2) is 22.7 Å². The molecule has 3 nitrogen and oxygen atoms in total. The van der Waals surface area contributed by atoms with Crippen LogP contribution in [0.4, 0.5) is 5.69 Å². The fourth-order valence-corrected chi connectivity index (χ4v) is 2.98. The van der Waals surface area contributed by atoms with E-state index in [0.717, 1.165) is 30.4 Å². The molecular weight excluding hydrogens is 292 g/mol. The Bertz CT molecular complexity index is 401. The third-order valence-corrected chi connectivity index (χ3v) is 4.32. The van der Waals surface area contributed by atoms with Gasteiger partial charge in [-0.3, -0.25) is 0 Å². The molecule has 3 N–H and O–H groups in total. The van der Waals surface area contributed by atoms with Crippen LogP contribution < -0.4 is 10.6 Å². The number of aliphatic hydroxyl groups is 1. The maximum atomic E-state index is 9.63. The molecule has 1 aromatic rings. The molecule has 0 saturated carbocycles. The van der Waals surface area contributed by atoms with Crippen LogP contribution in [0.3, 0.4) is 0 Å². The van der Waals surface area contributed by atoms with Crippen molar-refractivity contribution in [1.29, 1.82) is 0 Å². The van der Waals surface area contributed by atoms with Crippen molar-refractivity contribution in [1.82, 2.24) is 0 Å². The first-order valence-corrected chi connectivity index (χ1v) is 7.32. The third kappa shape index (κ3) is 3.05. The van der Waals surface area contributed by atoms with Crippen LogP contribution in [-0.2, 0) is 6.54 Å². The fraction of sp³-hybridized carbons (Fsp3) is 0.571. The van der Waals surface area contributed by atoms with E-state index in [4.69, 9.17) is 5.73 Å². The number of halogens is 1. The Morgan fingerprint density at radius 3 is 2.67 bits per heavy atom. The Morgan fingerprint density at radius 1 is 1.44 bits per heavy atom. The monoisotopic (exact) mass is 312 g/mol. The van der Waals surface area contributed by atoms with E-state index in [-0.39, 0.29) is 6.10 Å². The van der Waals surface area contributed by atoms with Crippen LogP contribution in [0.25, 0.3) is 0 Å². The third-order valence-electron chi connectivity index (χ3n) is 3.83. The molecule has 1 aliphatic heterocycles. The van der Waals surface area contributed by atoms with E-state index in [1.165, 1.54) is 11.3 Å². The lowest BCUT2D eigenvalue weighted by Gasteiger charge is -2.35. The first kappa shape index (κ1) is 13.8. The van der Waals surface area contributed by atoms with Crippen LogP contribution in [0.2, 0.25) is 0 Å². The predicted molar refractivity (Wildman–Crippen MR) is 78.7 cm³/mol. The molecule has 1 atom stereocenters. The SMILES string of the molecule is CC(O)C1CCN(c2cc(Br)ccc2CN)CC1. The number of hydrogen-bond acceptors (Lipinski definition) is 3. The largest absolute Gasteiger partial charge is 0.393 e. The van der Waals surface area contributed by atoms with E-state index >= 15 is 0 Å². The first-order chi connectivity index (χ1) is 8.61. The zero-order valence-electron chi connectivity index (χ0n) is 10.8. The highest BCUT2D eigenvalue weighted by Gasteiger charge is 2.23. The molecule has 1 aromatic carbocycles. The van der Waals surface area contributed by atoms with Gasteiger partial charge in [0.15, 0.2) is 0 Å². The van der Waals surface area contributed by atoms with Crippen molar-refractivity contribution >= 4 is 21.6 Å². The summed E-state index contributed by atoms with van der Waals surface area (Å²) in [5.74, 6) is 0.440. The van der Waals surface area contributed by atoms with Crippen LogP contribution in [0.1, 0.15) is 25.3 Å². The van der Waals surface area contributed by atoms with Gasteiger partial charge in [0.25, 0.3) is 0 Å². The smallest absolute Gasteiger partial charge is 0.0541 e. The molecule has 0 bridgehead atoms. The molecule has 18 heavy (non-hydrogen) atoms. The van der Waals surface area contributed by atoms with Crippen LogP contribution in [0, 0.1) is 5.92 Å². The normalized spacial score (nSPS) is 19.0. The first-order valence-electron chi connectivity index (χ1n) is 6.53. The molecule has 0 radical (unpaired) electrons. The van der Waals surface area contributed by atoms with Crippen molar-refractivity contribution in [3.05, 3.63) is 28.2 Å². The summed E-state index contributed by atoms with van der Waals surface area (Å²) in [6, 6.07) is 6.26. The van der Waals surface area contributed by atoms with Gasteiger partial charge in [-0.15, -0.1) is 0 Å². The summed E-state index contributed by atoms with van der Waals surface area (Å²) in [4.78, 5) is 2.38. The Labute approximate surface area is 117 Å². The van der Waals surface area contributed by atoms with Gasteiger partial charge in [-0.1, -0.05) is 22.0 Å². The minimum Gasteiger partial charge on any atom is -0.393 e. The summed E-state index contributed by atoms with van der Waals surface area (Å²) < 4.78 is 1.09. The molecular formula is C14H21BrN2O. The summed E-state index contributed by atoms with van der Waals surface area (Å²) in [5.41, 5.74) is 8.22. The molecule has 1 saturated heterocycles. The topological polar surface area (TPSA) is 49.5 Å². The van der Waals surface area contributed by atoms with E-state index in [1.54, 1.807) is 0 Å². The fourth-order valence-electron chi connectivity index (χ4n) is 2.63. The summed E-state index contributed by atoms with van der Waals surface area (Å²) >= 11 is 3.52. The van der Waals surface area contributed by atoms with Gasteiger partial charge in [0.1, 0.15) is 0 Å². The van der Waals surface area contributed by atoms with Gasteiger partial charge in [0.2, 0.25) is 0 Å². The van der Waals surface area contributed by atoms with Crippen LogP contribution in [-0.4, -0.2) is 24.3 Å². The standard InChI is InChI=1S/C14H21BrN2O/c1-10(18)11-4-6-17(7-5-11)14-8-13(15)3-2-12(14)9-16/h2-3,8,10-11,18H,4-7,9,16H2,1H3. The van der Waals surface area contributed by atoms with Crippen molar-refractivity contribution in [3.8, 4) is 0 Å². The van der Waals surface area contributed by atoms with E-state index in [1.807, 2.05) is 13.0 Å². The summed E-state index contributed by atoms with van der Waals surface area (Å²) in [6.45, 7) is 4.46. The second kappa shape index (κ2) is 6.04. The second-order valence-corrected chi connectivity index (χ2v) is 5.96. The predicted octanol–water partition coefficient (Wildman–Crippen LogP) is 2.51. The Morgan fingerprint density at radius 2 is 2.11 bits per heavy atom.